The minimum atomic E-state index is -3.90. The smallest absolute Gasteiger partial charge is 0.270 e. The average molecular weight is 468 g/mol. The first-order valence-electron chi connectivity index (χ1n) is 10.1. The number of nitro groups is 1. The second-order valence-electron chi connectivity index (χ2n) is 7.27. The Morgan fingerprint density at radius 3 is 2.33 bits per heavy atom. The van der Waals surface area contributed by atoms with Crippen molar-refractivity contribution in [3.05, 3.63) is 88.7 Å². The van der Waals surface area contributed by atoms with E-state index in [4.69, 9.17) is 4.74 Å². The molecule has 0 atom stereocenters. The summed E-state index contributed by atoms with van der Waals surface area (Å²) in [6.45, 7) is 0.611. The third-order valence-electron chi connectivity index (χ3n) is 5.16. The Morgan fingerprint density at radius 2 is 1.70 bits per heavy atom. The van der Waals surface area contributed by atoms with Crippen molar-refractivity contribution in [3.8, 4) is 11.5 Å². The summed E-state index contributed by atoms with van der Waals surface area (Å²) < 4.78 is 32.7. The standard InChI is InChI=1S/C22H20N4O6S/c27-22(17-6-8-19(9-7-17)32-20-4-2-10-23-16-20)24-11-13-25(14-12-24)33(30,31)21-5-1-3-18(15-21)26(28)29/h1-10,15-16H,11-14H2. The molecular weight excluding hydrogens is 448 g/mol. The van der Waals surface area contributed by atoms with Gasteiger partial charge in [-0.15, -0.1) is 0 Å². The van der Waals surface area contributed by atoms with E-state index in [-0.39, 0.29) is 42.7 Å². The number of rotatable bonds is 6. The van der Waals surface area contributed by atoms with Gasteiger partial charge < -0.3 is 9.64 Å². The quantitative estimate of drug-likeness (QED) is 0.402. The van der Waals surface area contributed by atoms with E-state index in [2.05, 4.69) is 4.98 Å². The maximum Gasteiger partial charge on any atom is 0.270 e. The molecule has 1 amide bonds. The van der Waals surface area contributed by atoms with E-state index >= 15 is 0 Å². The first-order valence-corrected chi connectivity index (χ1v) is 11.5. The number of nitro benzene ring substituents is 1. The van der Waals surface area contributed by atoms with E-state index < -0.39 is 14.9 Å². The summed E-state index contributed by atoms with van der Waals surface area (Å²) in [6, 6.07) is 15.2. The Labute approximate surface area is 190 Å². The molecule has 0 unspecified atom stereocenters. The molecule has 2 aromatic carbocycles. The van der Waals surface area contributed by atoms with Crippen LogP contribution in [0.5, 0.6) is 11.5 Å². The number of piperazine rings is 1. The van der Waals surface area contributed by atoms with E-state index in [1.54, 1.807) is 53.7 Å². The lowest BCUT2D eigenvalue weighted by Gasteiger charge is -2.34. The van der Waals surface area contributed by atoms with Crippen molar-refractivity contribution in [3.63, 3.8) is 0 Å². The van der Waals surface area contributed by atoms with Crippen molar-refractivity contribution in [2.45, 2.75) is 4.90 Å². The van der Waals surface area contributed by atoms with Gasteiger partial charge in [0.25, 0.3) is 11.6 Å². The number of benzene rings is 2. The first kappa shape index (κ1) is 22.4. The van der Waals surface area contributed by atoms with Gasteiger partial charge in [-0.05, 0) is 42.5 Å². The van der Waals surface area contributed by atoms with Crippen LogP contribution in [0.25, 0.3) is 0 Å². The lowest BCUT2D eigenvalue weighted by Crippen LogP contribution is -2.50. The largest absolute Gasteiger partial charge is 0.456 e. The Kier molecular flexibility index (Phi) is 6.33. The van der Waals surface area contributed by atoms with Crippen molar-refractivity contribution in [2.75, 3.05) is 26.2 Å². The number of aromatic nitrogens is 1. The number of ether oxygens (including phenoxy) is 1. The molecule has 0 aliphatic carbocycles. The third kappa shape index (κ3) is 4.99. The number of hydrogen-bond donors (Lipinski definition) is 0. The molecule has 11 heteroatoms. The van der Waals surface area contributed by atoms with Gasteiger partial charge in [0.05, 0.1) is 16.0 Å². The predicted molar refractivity (Wildman–Crippen MR) is 119 cm³/mol. The fourth-order valence-corrected chi connectivity index (χ4v) is 4.89. The van der Waals surface area contributed by atoms with Crippen molar-refractivity contribution < 1.29 is 22.9 Å². The Bertz CT molecular complexity index is 1260. The normalized spacial score (nSPS) is 14.6. The molecular formula is C22H20N4O6S. The fraction of sp³-hybridized carbons (Fsp3) is 0.182. The highest BCUT2D eigenvalue weighted by Gasteiger charge is 2.31. The highest BCUT2D eigenvalue weighted by Crippen LogP contribution is 2.24. The van der Waals surface area contributed by atoms with Gasteiger partial charge in [-0.1, -0.05) is 6.07 Å². The summed E-state index contributed by atoms with van der Waals surface area (Å²) in [5.41, 5.74) is 0.171. The van der Waals surface area contributed by atoms with Crippen LogP contribution in [0.4, 0.5) is 5.69 Å². The monoisotopic (exact) mass is 468 g/mol. The second-order valence-corrected chi connectivity index (χ2v) is 9.20. The number of carbonyl (C=O) groups excluding carboxylic acids is 1. The molecule has 3 aromatic rings. The number of amides is 1. The van der Waals surface area contributed by atoms with E-state index in [0.29, 0.717) is 17.1 Å². The van der Waals surface area contributed by atoms with Crippen LogP contribution >= 0.6 is 0 Å². The molecule has 1 aliphatic rings. The van der Waals surface area contributed by atoms with E-state index in [9.17, 15) is 23.3 Å². The predicted octanol–water partition coefficient (Wildman–Crippen LogP) is 2.93. The summed E-state index contributed by atoms with van der Waals surface area (Å²) in [7, 11) is -3.90. The van der Waals surface area contributed by atoms with Crippen LogP contribution in [0.1, 0.15) is 10.4 Å². The number of sulfonamides is 1. The van der Waals surface area contributed by atoms with Gasteiger partial charge in [0, 0.05) is 50.1 Å². The molecule has 2 heterocycles. The van der Waals surface area contributed by atoms with Crippen molar-refractivity contribution in [1.29, 1.82) is 0 Å². The molecule has 4 rings (SSSR count). The SMILES string of the molecule is O=C(c1ccc(Oc2cccnc2)cc1)N1CCN(S(=O)(=O)c2cccc([N+](=O)[O-])c2)CC1. The Morgan fingerprint density at radius 1 is 0.970 bits per heavy atom. The van der Waals surface area contributed by atoms with Crippen LogP contribution in [-0.2, 0) is 10.0 Å². The van der Waals surface area contributed by atoms with Crippen LogP contribution in [0.2, 0.25) is 0 Å². The molecule has 1 aromatic heterocycles. The summed E-state index contributed by atoms with van der Waals surface area (Å²) >= 11 is 0. The van der Waals surface area contributed by atoms with Crippen LogP contribution in [0.15, 0.2) is 78.0 Å². The molecule has 0 radical (unpaired) electrons. The van der Waals surface area contributed by atoms with Gasteiger partial charge in [-0.25, -0.2) is 8.42 Å². The van der Waals surface area contributed by atoms with Gasteiger partial charge >= 0.3 is 0 Å². The zero-order chi connectivity index (χ0) is 23.4. The molecule has 0 spiro atoms. The summed E-state index contributed by atoms with van der Waals surface area (Å²) in [5, 5.41) is 11.0. The number of carbonyl (C=O) groups is 1. The van der Waals surface area contributed by atoms with Crippen molar-refractivity contribution in [2.24, 2.45) is 0 Å². The molecule has 0 bridgehead atoms. The molecule has 170 valence electrons. The lowest BCUT2D eigenvalue weighted by atomic mass is 10.2. The maximum absolute atomic E-state index is 12.9. The first-order chi connectivity index (χ1) is 15.8. The molecule has 1 saturated heterocycles. The molecule has 1 aliphatic heterocycles. The highest BCUT2D eigenvalue weighted by atomic mass is 32.2. The van der Waals surface area contributed by atoms with Gasteiger partial charge in [-0.3, -0.25) is 19.9 Å². The zero-order valence-corrected chi connectivity index (χ0v) is 18.2. The minimum absolute atomic E-state index is 0.0962. The van der Waals surface area contributed by atoms with Crippen molar-refractivity contribution in [1.82, 2.24) is 14.2 Å². The van der Waals surface area contributed by atoms with Gasteiger partial charge in [0.15, 0.2) is 0 Å². The fourth-order valence-electron chi connectivity index (χ4n) is 3.43. The van der Waals surface area contributed by atoms with Crippen LogP contribution < -0.4 is 4.74 Å². The average Bonchev–Trinajstić information content (AvgIpc) is 2.85. The maximum atomic E-state index is 12.9. The third-order valence-corrected chi connectivity index (χ3v) is 7.06. The molecule has 10 nitrogen and oxygen atoms in total. The van der Waals surface area contributed by atoms with E-state index in [1.807, 2.05) is 0 Å². The Hall–Kier alpha value is -3.83. The Balaban J connectivity index is 1.39. The number of nitrogens with zero attached hydrogens (tertiary/aromatic N) is 4. The molecule has 33 heavy (non-hydrogen) atoms. The molecule has 0 saturated carbocycles. The van der Waals surface area contributed by atoms with E-state index in [1.165, 1.54) is 22.5 Å². The minimum Gasteiger partial charge on any atom is -0.456 e. The van der Waals surface area contributed by atoms with Crippen LogP contribution in [0, 0.1) is 10.1 Å². The molecule has 1 fully saturated rings. The van der Waals surface area contributed by atoms with Gasteiger partial charge in [0.2, 0.25) is 10.0 Å². The van der Waals surface area contributed by atoms with Gasteiger partial charge in [0.1, 0.15) is 11.5 Å². The summed E-state index contributed by atoms with van der Waals surface area (Å²) in [4.78, 5) is 28.6. The van der Waals surface area contributed by atoms with Gasteiger partial charge in [-0.2, -0.15) is 4.31 Å². The number of pyridine rings is 1. The number of hydrogen-bond acceptors (Lipinski definition) is 7. The summed E-state index contributed by atoms with van der Waals surface area (Å²) in [5.74, 6) is 0.931. The highest BCUT2D eigenvalue weighted by molar-refractivity contribution is 7.89. The summed E-state index contributed by atoms with van der Waals surface area (Å²) in [6.07, 6.45) is 3.23. The van der Waals surface area contributed by atoms with Crippen molar-refractivity contribution >= 4 is 21.6 Å². The van der Waals surface area contributed by atoms with Crippen LogP contribution in [0.3, 0.4) is 0 Å². The lowest BCUT2D eigenvalue weighted by molar-refractivity contribution is -0.385. The molecule has 0 N–H and O–H groups in total. The topological polar surface area (TPSA) is 123 Å². The zero-order valence-electron chi connectivity index (χ0n) is 17.4. The van der Waals surface area contributed by atoms with E-state index in [0.717, 1.165) is 6.07 Å². The second kappa shape index (κ2) is 9.35. The van der Waals surface area contributed by atoms with Crippen LogP contribution in [-0.4, -0.2) is 59.6 Å². The number of non-ortho nitro benzene ring substituents is 1.